The summed E-state index contributed by atoms with van der Waals surface area (Å²) in [5.74, 6) is -0.443. The Labute approximate surface area is 102 Å². The van der Waals surface area contributed by atoms with Gasteiger partial charge in [-0.3, -0.25) is 0 Å². The molecule has 0 unspecified atom stereocenters. The SMILES string of the molecule is O=C(Oc1cnc([N+](=O)[O-])cn1)N1CCNCC1. The van der Waals surface area contributed by atoms with Gasteiger partial charge in [-0.2, -0.15) is 0 Å². The van der Waals surface area contributed by atoms with E-state index in [1.807, 2.05) is 0 Å². The second-order valence-electron chi connectivity index (χ2n) is 3.57. The van der Waals surface area contributed by atoms with Crippen LogP contribution in [0.25, 0.3) is 0 Å². The summed E-state index contributed by atoms with van der Waals surface area (Å²) in [6.07, 6.45) is 1.47. The van der Waals surface area contributed by atoms with Crippen LogP contribution in [0.4, 0.5) is 10.6 Å². The van der Waals surface area contributed by atoms with Crippen molar-refractivity contribution in [3.05, 3.63) is 22.5 Å². The molecule has 96 valence electrons. The summed E-state index contributed by atoms with van der Waals surface area (Å²) in [6.45, 7) is 2.53. The van der Waals surface area contributed by atoms with Crippen LogP contribution in [0.3, 0.4) is 0 Å². The van der Waals surface area contributed by atoms with E-state index in [0.717, 1.165) is 12.4 Å². The number of rotatable bonds is 2. The Balaban J connectivity index is 1.96. The van der Waals surface area contributed by atoms with Gasteiger partial charge in [0, 0.05) is 26.2 Å². The molecule has 1 aliphatic rings. The zero-order valence-electron chi connectivity index (χ0n) is 9.40. The molecule has 0 bridgehead atoms. The van der Waals surface area contributed by atoms with Crippen molar-refractivity contribution >= 4 is 11.9 Å². The number of carbonyl (C=O) groups is 1. The molecule has 1 aliphatic heterocycles. The molecule has 0 atom stereocenters. The quantitative estimate of drug-likeness (QED) is 0.573. The summed E-state index contributed by atoms with van der Waals surface area (Å²) in [5.41, 5.74) is 0. The van der Waals surface area contributed by atoms with Gasteiger partial charge in [-0.05, 0) is 9.91 Å². The highest BCUT2D eigenvalue weighted by atomic mass is 16.6. The van der Waals surface area contributed by atoms with E-state index in [-0.39, 0.29) is 5.88 Å². The molecular formula is C9H11N5O4. The molecule has 0 aromatic carbocycles. The monoisotopic (exact) mass is 253 g/mol. The van der Waals surface area contributed by atoms with Crippen molar-refractivity contribution in [1.29, 1.82) is 0 Å². The van der Waals surface area contributed by atoms with Crippen LogP contribution in [0.5, 0.6) is 5.88 Å². The lowest BCUT2D eigenvalue weighted by atomic mass is 10.4. The largest absolute Gasteiger partial charge is 0.416 e. The highest BCUT2D eigenvalue weighted by molar-refractivity contribution is 5.70. The van der Waals surface area contributed by atoms with Crippen molar-refractivity contribution in [3.63, 3.8) is 0 Å². The van der Waals surface area contributed by atoms with Gasteiger partial charge in [-0.15, -0.1) is 0 Å². The smallest absolute Gasteiger partial charge is 0.387 e. The highest BCUT2D eigenvalue weighted by Crippen LogP contribution is 2.10. The summed E-state index contributed by atoms with van der Waals surface area (Å²) in [4.78, 5) is 30.0. The Kier molecular flexibility index (Phi) is 3.63. The third-order valence-electron chi connectivity index (χ3n) is 2.37. The Bertz CT molecular complexity index is 443. The second-order valence-corrected chi connectivity index (χ2v) is 3.57. The fraction of sp³-hybridized carbons (Fsp3) is 0.444. The van der Waals surface area contributed by atoms with Crippen LogP contribution in [0.1, 0.15) is 0 Å². The van der Waals surface area contributed by atoms with E-state index in [1.54, 1.807) is 0 Å². The molecule has 1 fully saturated rings. The van der Waals surface area contributed by atoms with Crippen LogP contribution in [-0.2, 0) is 0 Å². The summed E-state index contributed by atoms with van der Waals surface area (Å²) < 4.78 is 4.95. The number of hydrogen-bond acceptors (Lipinski definition) is 7. The first kappa shape index (κ1) is 12.2. The molecule has 2 rings (SSSR count). The Morgan fingerprint density at radius 3 is 2.67 bits per heavy atom. The Morgan fingerprint density at radius 2 is 2.11 bits per heavy atom. The predicted octanol–water partition coefficient (Wildman–Crippen LogP) is -0.211. The van der Waals surface area contributed by atoms with Crippen molar-refractivity contribution in [2.45, 2.75) is 0 Å². The molecule has 0 radical (unpaired) electrons. The number of aromatic nitrogens is 2. The van der Waals surface area contributed by atoms with Crippen LogP contribution in [-0.4, -0.2) is 52.1 Å². The number of hydrogen-bond donors (Lipinski definition) is 1. The van der Waals surface area contributed by atoms with Gasteiger partial charge >= 0.3 is 11.9 Å². The third kappa shape index (κ3) is 2.88. The van der Waals surface area contributed by atoms with Crippen molar-refractivity contribution in [2.75, 3.05) is 26.2 Å². The van der Waals surface area contributed by atoms with E-state index in [4.69, 9.17) is 4.74 Å². The number of piperazine rings is 1. The first-order chi connectivity index (χ1) is 8.66. The van der Waals surface area contributed by atoms with Gasteiger partial charge in [0.15, 0.2) is 0 Å². The number of ether oxygens (including phenoxy) is 1. The minimum absolute atomic E-state index is 0.0517. The maximum atomic E-state index is 11.7. The molecule has 0 aliphatic carbocycles. The fourth-order valence-electron chi connectivity index (χ4n) is 1.46. The van der Waals surface area contributed by atoms with Crippen LogP contribution in [0.2, 0.25) is 0 Å². The van der Waals surface area contributed by atoms with Gasteiger partial charge in [0.1, 0.15) is 6.20 Å². The normalized spacial score (nSPS) is 15.2. The standard InChI is InChI=1S/C9H11N5O4/c15-9(13-3-1-10-2-4-13)18-8-6-11-7(5-12-8)14(16)17/h5-6,10H,1-4H2. The minimum atomic E-state index is -0.672. The zero-order chi connectivity index (χ0) is 13.0. The van der Waals surface area contributed by atoms with Crippen LogP contribution in [0.15, 0.2) is 12.4 Å². The number of nitrogens with zero attached hydrogens (tertiary/aromatic N) is 4. The molecule has 1 amide bonds. The predicted molar refractivity (Wildman–Crippen MR) is 59.2 cm³/mol. The van der Waals surface area contributed by atoms with E-state index in [0.29, 0.717) is 26.2 Å². The van der Waals surface area contributed by atoms with E-state index < -0.39 is 16.8 Å². The van der Waals surface area contributed by atoms with Crippen molar-refractivity contribution in [3.8, 4) is 5.88 Å². The Morgan fingerprint density at radius 1 is 1.39 bits per heavy atom. The van der Waals surface area contributed by atoms with Gasteiger partial charge in [0.05, 0.1) is 0 Å². The molecule has 1 aromatic rings. The molecular weight excluding hydrogens is 242 g/mol. The first-order valence-corrected chi connectivity index (χ1v) is 5.31. The van der Waals surface area contributed by atoms with Crippen molar-refractivity contribution < 1.29 is 14.5 Å². The Hall–Kier alpha value is -2.29. The minimum Gasteiger partial charge on any atom is -0.387 e. The average molecular weight is 253 g/mol. The van der Waals surface area contributed by atoms with Crippen LogP contribution < -0.4 is 10.1 Å². The fourth-order valence-corrected chi connectivity index (χ4v) is 1.46. The average Bonchev–Trinajstić information content (AvgIpc) is 2.40. The molecule has 1 saturated heterocycles. The van der Waals surface area contributed by atoms with Crippen molar-refractivity contribution in [1.82, 2.24) is 20.2 Å². The molecule has 0 spiro atoms. The van der Waals surface area contributed by atoms with E-state index in [9.17, 15) is 14.9 Å². The molecule has 18 heavy (non-hydrogen) atoms. The van der Waals surface area contributed by atoms with E-state index in [2.05, 4.69) is 15.3 Å². The molecule has 9 heteroatoms. The number of amides is 1. The van der Waals surface area contributed by atoms with Crippen LogP contribution >= 0.6 is 0 Å². The lowest BCUT2D eigenvalue weighted by Crippen LogP contribution is -2.47. The molecule has 9 nitrogen and oxygen atoms in total. The highest BCUT2D eigenvalue weighted by Gasteiger charge is 2.19. The summed E-state index contributed by atoms with van der Waals surface area (Å²) in [5, 5.41) is 13.5. The lowest BCUT2D eigenvalue weighted by Gasteiger charge is -2.25. The maximum Gasteiger partial charge on any atom is 0.416 e. The third-order valence-corrected chi connectivity index (χ3v) is 2.37. The summed E-state index contributed by atoms with van der Waals surface area (Å²) >= 11 is 0. The topological polar surface area (TPSA) is 110 Å². The van der Waals surface area contributed by atoms with E-state index >= 15 is 0 Å². The van der Waals surface area contributed by atoms with Crippen molar-refractivity contribution in [2.24, 2.45) is 0 Å². The molecule has 0 saturated carbocycles. The van der Waals surface area contributed by atoms with Gasteiger partial charge in [-0.1, -0.05) is 0 Å². The second kappa shape index (κ2) is 5.36. The molecule has 1 N–H and O–H groups in total. The molecule has 1 aromatic heterocycles. The number of carbonyl (C=O) groups excluding carboxylic acids is 1. The lowest BCUT2D eigenvalue weighted by molar-refractivity contribution is -0.389. The van der Waals surface area contributed by atoms with Gasteiger partial charge in [-0.25, -0.2) is 9.78 Å². The molecule has 2 heterocycles. The van der Waals surface area contributed by atoms with E-state index in [1.165, 1.54) is 4.90 Å². The maximum absolute atomic E-state index is 11.7. The summed E-state index contributed by atoms with van der Waals surface area (Å²) in [7, 11) is 0. The number of nitro groups is 1. The van der Waals surface area contributed by atoms with Gasteiger partial charge in [0.25, 0.3) is 5.88 Å². The first-order valence-electron chi connectivity index (χ1n) is 5.31. The number of nitrogens with one attached hydrogen (secondary N) is 1. The van der Waals surface area contributed by atoms with Gasteiger partial charge in [0.2, 0.25) is 6.20 Å². The summed E-state index contributed by atoms with van der Waals surface area (Å²) in [6, 6.07) is 0. The zero-order valence-corrected chi connectivity index (χ0v) is 9.40. The van der Waals surface area contributed by atoms with Crippen LogP contribution in [0, 0.1) is 10.1 Å². The van der Waals surface area contributed by atoms with Gasteiger partial charge < -0.3 is 25.1 Å².